The Kier molecular flexibility index (Phi) is 8.37. The lowest BCUT2D eigenvalue weighted by Gasteiger charge is -2.31. The number of nitrogens with zero attached hydrogens (tertiary/aromatic N) is 2. The van der Waals surface area contributed by atoms with E-state index in [9.17, 15) is 9.90 Å². The molecule has 1 aliphatic heterocycles. The maximum absolute atomic E-state index is 11.6. The predicted octanol–water partition coefficient (Wildman–Crippen LogP) is -0.583. The van der Waals surface area contributed by atoms with Crippen LogP contribution in [0.25, 0.3) is 0 Å². The summed E-state index contributed by atoms with van der Waals surface area (Å²) < 4.78 is 5.51. The van der Waals surface area contributed by atoms with E-state index >= 15 is 0 Å². The molecular formula is C19H28ClN7O4. The third-order valence-corrected chi connectivity index (χ3v) is 4.71. The van der Waals surface area contributed by atoms with Crippen molar-refractivity contribution >= 4 is 23.5 Å². The average Bonchev–Trinajstić information content (AvgIpc) is 2.74. The molecule has 31 heavy (non-hydrogen) atoms. The van der Waals surface area contributed by atoms with Gasteiger partial charge in [-0.15, -0.1) is 0 Å². The summed E-state index contributed by atoms with van der Waals surface area (Å²) in [6.07, 6.45) is 0.450. The highest BCUT2D eigenvalue weighted by Crippen LogP contribution is 2.28. The molecule has 2 rings (SSSR count). The van der Waals surface area contributed by atoms with Gasteiger partial charge in [-0.25, -0.2) is 9.89 Å². The lowest BCUT2D eigenvalue weighted by Crippen LogP contribution is -2.49. The van der Waals surface area contributed by atoms with Crippen molar-refractivity contribution < 1.29 is 19.7 Å². The summed E-state index contributed by atoms with van der Waals surface area (Å²) in [5, 5.41) is 20.9. The lowest BCUT2D eigenvalue weighted by atomic mass is 10.0. The van der Waals surface area contributed by atoms with Gasteiger partial charge in [-0.05, 0) is 24.1 Å². The molecule has 0 aliphatic carbocycles. The highest BCUT2D eigenvalue weighted by Gasteiger charge is 2.29. The van der Waals surface area contributed by atoms with Crippen LogP contribution in [0.5, 0.6) is 5.75 Å². The van der Waals surface area contributed by atoms with Crippen molar-refractivity contribution in [2.45, 2.75) is 31.9 Å². The van der Waals surface area contributed by atoms with Gasteiger partial charge in [0.15, 0.2) is 0 Å². The van der Waals surface area contributed by atoms with E-state index in [0.29, 0.717) is 12.2 Å². The molecular weight excluding hydrogens is 426 g/mol. The molecule has 0 bridgehead atoms. The Labute approximate surface area is 185 Å². The van der Waals surface area contributed by atoms with Gasteiger partial charge in [0.2, 0.25) is 5.96 Å². The van der Waals surface area contributed by atoms with Crippen LogP contribution in [0.4, 0.5) is 0 Å². The van der Waals surface area contributed by atoms with E-state index in [1.807, 2.05) is 13.0 Å². The number of hydrogen-bond donors (Lipinski definition) is 7. The van der Waals surface area contributed by atoms with Crippen molar-refractivity contribution in [3.8, 4) is 5.75 Å². The summed E-state index contributed by atoms with van der Waals surface area (Å²) in [5.41, 5.74) is 24.2. The van der Waals surface area contributed by atoms with Crippen molar-refractivity contribution in [2.75, 3.05) is 13.2 Å². The molecule has 0 spiro atoms. The minimum Gasteiger partial charge on any atom is -0.491 e. The van der Waals surface area contributed by atoms with Gasteiger partial charge in [0, 0.05) is 0 Å². The second-order valence-electron chi connectivity index (χ2n) is 6.80. The summed E-state index contributed by atoms with van der Waals surface area (Å²) in [6, 6.07) is 6.73. The van der Waals surface area contributed by atoms with Crippen LogP contribution in [-0.2, 0) is 4.79 Å². The topological polar surface area (TPSA) is 198 Å². The third kappa shape index (κ3) is 5.94. The first kappa shape index (κ1) is 24.1. The van der Waals surface area contributed by atoms with Crippen molar-refractivity contribution in [3.63, 3.8) is 0 Å². The Morgan fingerprint density at radius 3 is 2.65 bits per heavy atom. The van der Waals surface area contributed by atoms with Crippen LogP contribution in [0, 0.1) is 0 Å². The van der Waals surface area contributed by atoms with E-state index in [0.717, 1.165) is 16.9 Å². The van der Waals surface area contributed by atoms with Gasteiger partial charge in [0.25, 0.3) is 5.91 Å². The fourth-order valence-electron chi connectivity index (χ4n) is 2.87. The molecule has 1 aromatic rings. The Hall–Kier alpha value is -3.15. The molecule has 0 fully saturated rings. The fourth-order valence-corrected chi connectivity index (χ4v) is 3.04. The molecule has 0 saturated carbocycles. The largest absolute Gasteiger partial charge is 0.491 e. The van der Waals surface area contributed by atoms with Gasteiger partial charge in [0.1, 0.15) is 41.0 Å². The number of nitrogens with one attached hydrogen (secondary N) is 1. The van der Waals surface area contributed by atoms with Crippen LogP contribution in [0.1, 0.15) is 31.4 Å². The van der Waals surface area contributed by atoms with Crippen molar-refractivity contribution in [1.82, 2.24) is 10.2 Å². The Bertz CT molecular complexity index is 903. The molecule has 170 valence electrons. The van der Waals surface area contributed by atoms with Crippen LogP contribution in [0.2, 0.25) is 0 Å². The molecule has 0 saturated heterocycles. The van der Waals surface area contributed by atoms with Crippen LogP contribution < -0.4 is 33.0 Å². The molecule has 2 atom stereocenters. The molecule has 0 radical (unpaired) electrons. The number of ether oxygens (including phenoxy) is 1. The van der Waals surface area contributed by atoms with E-state index in [4.69, 9.17) is 44.4 Å². The first-order chi connectivity index (χ1) is 14.7. The van der Waals surface area contributed by atoms with Gasteiger partial charge in [-0.3, -0.25) is 4.79 Å². The highest BCUT2D eigenvalue weighted by molar-refractivity contribution is 6.30. The summed E-state index contributed by atoms with van der Waals surface area (Å²) >= 11 is 6.06. The Morgan fingerprint density at radius 2 is 2.03 bits per heavy atom. The molecule has 1 amide bonds. The summed E-state index contributed by atoms with van der Waals surface area (Å²) in [5.74, 6) is -0.563. The average molecular weight is 454 g/mol. The Balaban J connectivity index is 2.37. The fraction of sp³-hybridized carbons (Fsp3) is 0.368. The molecule has 12 heteroatoms. The van der Waals surface area contributed by atoms with E-state index in [2.05, 4.69) is 10.3 Å². The maximum Gasteiger partial charge on any atom is 0.268 e. The zero-order chi connectivity index (χ0) is 23.1. The zero-order valence-corrected chi connectivity index (χ0v) is 17.8. The second kappa shape index (κ2) is 10.8. The van der Waals surface area contributed by atoms with Gasteiger partial charge in [-0.2, -0.15) is 0 Å². The highest BCUT2D eigenvalue weighted by atomic mass is 35.5. The maximum atomic E-state index is 11.6. The number of carbonyl (C=O) groups is 1. The van der Waals surface area contributed by atoms with Gasteiger partial charge < -0.3 is 43.2 Å². The number of guanidine groups is 1. The first-order valence-corrected chi connectivity index (χ1v) is 9.94. The van der Waals surface area contributed by atoms with Crippen molar-refractivity contribution in [1.29, 1.82) is 0 Å². The van der Waals surface area contributed by atoms with Crippen LogP contribution in [-0.4, -0.2) is 46.3 Å². The molecule has 11 N–H and O–H groups in total. The Morgan fingerprint density at radius 1 is 1.32 bits per heavy atom. The van der Waals surface area contributed by atoms with Gasteiger partial charge in [-0.1, -0.05) is 37.1 Å². The van der Waals surface area contributed by atoms with E-state index in [1.54, 1.807) is 18.2 Å². The number of aliphatic imine (C=N–C) groups is 1. The number of hydrogen-bond acceptors (Lipinski definition) is 8. The number of aliphatic hydroxyl groups is 2. The molecule has 1 aromatic carbocycles. The third-order valence-electron chi connectivity index (χ3n) is 4.42. The minimum atomic E-state index is -0.981. The van der Waals surface area contributed by atoms with Crippen LogP contribution in [0.15, 0.2) is 51.8 Å². The summed E-state index contributed by atoms with van der Waals surface area (Å²) in [4.78, 5) is 17.3. The zero-order valence-electron chi connectivity index (χ0n) is 17.1. The second-order valence-corrected chi connectivity index (χ2v) is 7.17. The van der Waals surface area contributed by atoms with Gasteiger partial charge in [0.05, 0.1) is 12.6 Å². The van der Waals surface area contributed by atoms with Crippen molar-refractivity contribution in [2.24, 2.45) is 27.9 Å². The number of halogens is 1. The number of primary amides is 1. The molecule has 2 unspecified atom stereocenters. The molecule has 1 heterocycles. The number of benzene rings is 1. The molecule has 11 nitrogen and oxygen atoms in total. The predicted molar refractivity (Wildman–Crippen MR) is 117 cm³/mol. The summed E-state index contributed by atoms with van der Waals surface area (Å²) in [7, 11) is 0. The minimum absolute atomic E-state index is 0.0317. The smallest absolute Gasteiger partial charge is 0.268 e. The lowest BCUT2D eigenvalue weighted by molar-refractivity contribution is -0.115. The van der Waals surface area contributed by atoms with E-state index in [-0.39, 0.29) is 41.1 Å². The van der Waals surface area contributed by atoms with Gasteiger partial charge >= 0.3 is 0 Å². The number of carbonyl (C=O) groups excluding carboxylic acids is 1. The summed E-state index contributed by atoms with van der Waals surface area (Å²) in [6.45, 7) is 1.54. The molecule has 0 aromatic heterocycles. The number of nitrogens with two attached hydrogens (primary N) is 4. The number of amides is 1. The quantitative estimate of drug-likeness (QED) is 0.145. The first-order valence-electron chi connectivity index (χ1n) is 9.56. The van der Waals surface area contributed by atoms with E-state index in [1.165, 1.54) is 0 Å². The number of aliphatic hydroxyl groups excluding tert-OH is 2. The standard InChI is InChI=1S/C19H28ClN7O4/c1-2-4-13(10-5-3-6-12(7-10)31-9-11(29)8-28)25-19(24)27-16(21)14(18(23)30)26-15(20)17(27)22/h3,5-7,11,13,26,28-29H,2,4,8-9,21-22H2,1H3,(H2,23,30)(H2,24,25). The number of rotatable bonds is 9. The molecule has 1 aliphatic rings. The SMILES string of the molecule is CCCC(N=C(N)N1C(N)=C(Cl)NC(C(N)=O)=C1N)c1cccc(OCC(O)CO)c1. The van der Waals surface area contributed by atoms with Crippen molar-refractivity contribution in [3.05, 3.63) is 52.3 Å². The van der Waals surface area contributed by atoms with Crippen LogP contribution in [0.3, 0.4) is 0 Å². The normalized spacial score (nSPS) is 16.8. The van der Waals surface area contributed by atoms with Crippen LogP contribution >= 0.6 is 11.6 Å². The van der Waals surface area contributed by atoms with E-state index < -0.39 is 18.6 Å². The monoisotopic (exact) mass is 453 g/mol.